The number of ether oxygens (including phenoxy) is 3. The lowest BCUT2D eigenvalue weighted by atomic mass is 9.90. The van der Waals surface area contributed by atoms with Crippen molar-refractivity contribution in [3.05, 3.63) is 82.4 Å². The second kappa shape index (κ2) is 9.88. The third-order valence-corrected chi connectivity index (χ3v) is 7.33. The molecule has 4 rings (SSSR count). The van der Waals surface area contributed by atoms with Crippen LogP contribution in [-0.4, -0.2) is 26.8 Å². The SMILES string of the molecule is CCOC(=O)CC1S[C@@H](c2cccc(OC)c2OC)c2cc(Cl)ccc2-c2ccccc21. The summed E-state index contributed by atoms with van der Waals surface area (Å²) in [5.41, 5.74) is 5.36. The average Bonchev–Trinajstić information content (AvgIpc) is 2.93. The molecule has 0 N–H and O–H groups in total. The molecule has 3 aromatic carbocycles. The number of fused-ring (bicyclic) bond motifs is 3. The highest BCUT2D eigenvalue weighted by atomic mass is 35.5. The van der Waals surface area contributed by atoms with Crippen molar-refractivity contribution in [2.24, 2.45) is 0 Å². The van der Waals surface area contributed by atoms with E-state index in [2.05, 4.69) is 18.2 Å². The minimum atomic E-state index is -0.208. The van der Waals surface area contributed by atoms with E-state index in [9.17, 15) is 4.79 Å². The summed E-state index contributed by atoms with van der Waals surface area (Å²) in [6.45, 7) is 2.19. The highest BCUT2D eigenvalue weighted by molar-refractivity contribution is 8.00. The molecule has 0 radical (unpaired) electrons. The molecule has 32 heavy (non-hydrogen) atoms. The number of benzene rings is 3. The molecular weight excluding hydrogens is 444 g/mol. The van der Waals surface area contributed by atoms with Gasteiger partial charge in [-0.15, -0.1) is 11.8 Å². The Morgan fingerprint density at radius 2 is 1.69 bits per heavy atom. The minimum absolute atomic E-state index is 0.0997. The summed E-state index contributed by atoms with van der Waals surface area (Å²) in [6.07, 6.45) is 0.278. The third kappa shape index (κ3) is 4.32. The summed E-state index contributed by atoms with van der Waals surface area (Å²) in [4.78, 5) is 12.5. The van der Waals surface area contributed by atoms with Crippen LogP contribution in [0.5, 0.6) is 11.5 Å². The van der Waals surface area contributed by atoms with Crippen LogP contribution in [-0.2, 0) is 9.53 Å². The number of carbonyl (C=O) groups is 1. The van der Waals surface area contributed by atoms with Gasteiger partial charge in [-0.05, 0) is 47.4 Å². The van der Waals surface area contributed by atoms with Gasteiger partial charge in [0.05, 0.1) is 32.5 Å². The van der Waals surface area contributed by atoms with Crippen molar-refractivity contribution in [1.82, 2.24) is 0 Å². The van der Waals surface area contributed by atoms with Gasteiger partial charge in [-0.25, -0.2) is 0 Å². The molecule has 0 fully saturated rings. The van der Waals surface area contributed by atoms with Crippen LogP contribution in [0.2, 0.25) is 5.02 Å². The first kappa shape index (κ1) is 22.6. The van der Waals surface area contributed by atoms with Crippen LogP contribution < -0.4 is 9.47 Å². The first-order valence-corrected chi connectivity index (χ1v) is 11.8. The zero-order chi connectivity index (χ0) is 22.7. The second-order valence-electron chi connectivity index (χ2n) is 7.42. The maximum Gasteiger partial charge on any atom is 0.307 e. The predicted octanol–water partition coefficient (Wildman–Crippen LogP) is 6.85. The lowest BCUT2D eigenvalue weighted by Crippen LogP contribution is -2.10. The quantitative estimate of drug-likeness (QED) is 0.370. The van der Waals surface area contributed by atoms with E-state index in [-0.39, 0.29) is 22.9 Å². The van der Waals surface area contributed by atoms with Crippen molar-refractivity contribution in [3.8, 4) is 22.6 Å². The van der Waals surface area contributed by atoms with E-state index < -0.39 is 0 Å². The van der Waals surface area contributed by atoms with E-state index in [1.54, 1.807) is 26.0 Å². The molecule has 1 aliphatic heterocycles. The standard InChI is InChI=1S/C26H25ClO4S/c1-4-31-24(28)15-23-19-9-6-5-8-17(19)18-13-12-16(27)14-21(18)26(32-23)20-10-7-11-22(29-2)25(20)30-3/h5-14,23,26H,4,15H2,1-3H3/t23?,26-/m0/s1. The van der Waals surface area contributed by atoms with Gasteiger partial charge in [0, 0.05) is 15.8 Å². The van der Waals surface area contributed by atoms with Crippen LogP contribution in [0.25, 0.3) is 11.1 Å². The molecule has 3 aromatic rings. The Balaban J connectivity index is 1.93. The van der Waals surface area contributed by atoms with Crippen LogP contribution in [0.15, 0.2) is 60.7 Å². The molecule has 0 bridgehead atoms. The molecular formula is C26H25ClO4S. The van der Waals surface area contributed by atoms with Crippen molar-refractivity contribution < 1.29 is 19.0 Å². The predicted molar refractivity (Wildman–Crippen MR) is 130 cm³/mol. The Labute approximate surface area is 197 Å². The third-order valence-electron chi connectivity index (χ3n) is 5.57. The molecule has 0 aromatic heterocycles. The Bertz CT molecular complexity index is 1130. The van der Waals surface area contributed by atoms with E-state index in [1.165, 1.54) is 0 Å². The monoisotopic (exact) mass is 468 g/mol. The number of rotatable bonds is 6. The number of para-hydroxylation sites is 1. The number of thioether (sulfide) groups is 1. The Morgan fingerprint density at radius 1 is 0.938 bits per heavy atom. The van der Waals surface area contributed by atoms with Crippen molar-refractivity contribution in [1.29, 1.82) is 0 Å². The van der Waals surface area contributed by atoms with E-state index >= 15 is 0 Å². The van der Waals surface area contributed by atoms with Gasteiger partial charge < -0.3 is 14.2 Å². The van der Waals surface area contributed by atoms with Crippen LogP contribution in [0.4, 0.5) is 0 Å². The number of esters is 1. The fourth-order valence-electron chi connectivity index (χ4n) is 4.22. The van der Waals surface area contributed by atoms with Gasteiger partial charge in [0.15, 0.2) is 11.5 Å². The van der Waals surface area contributed by atoms with Crippen molar-refractivity contribution >= 4 is 29.3 Å². The van der Waals surface area contributed by atoms with Crippen molar-refractivity contribution in [3.63, 3.8) is 0 Å². The molecule has 1 unspecified atom stereocenters. The Kier molecular flexibility index (Phi) is 6.97. The molecule has 6 heteroatoms. The molecule has 1 aliphatic rings. The first-order chi connectivity index (χ1) is 15.6. The Hall–Kier alpha value is -2.63. The van der Waals surface area contributed by atoms with Gasteiger partial charge in [-0.2, -0.15) is 0 Å². The molecule has 0 amide bonds. The molecule has 0 aliphatic carbocycles. The van der Waals surface area contributed by atoms with Crippen LogP contribution in [0.1, 0.15) is 40.5 Å². The van der Waals surface area contributed by atoms with Gasteiger partial charge in [0.25, 0.3) is 0 Å². The number of halogens is 1. The van der Waals surface area contributed by atoms with Crippen molar-refractivity contribution in [2.75, 3.05) is 20.8 Å². The zero-order valence-electron chi connectivity index (χ0n) is 18.3. The number of hydrogen-bond acceptors (Lipinski definition) is 5. The smallest absolute Gasteiger partial charge is 0.307 e. The topological polar surface area (TPSA) is 44.8 Å². The summed E-state index contributed by atoms with van der Waals surface area (Å²) in [5.74, 6) is 1.14. The minimum Gasteiger partial charge on any atom is -0.493 e. The summed E-state index contributed by atoms with van der Waals surface area (Å²) in [7, 11) is 3.28. The normalized spacial score (nSPS) is 17.0. The lowest BCUT2D eigenvalue weighted by Gasteiger charge is -2.24. The molecule has 0 spiro atoms. The molecule has 166 valence electrons. The number of methoxy groups -OCH3 is 2. The van der Waals surface area contributed by atoms with E-state index in [0.29, 0.717) is 23.1 Å². The Morgan fingerprint density at radius 3 is 2.44 bits per heavy atom. The molecule has 0 saturated carbocycles. The number of hydrogen-bond donors (Lipinski definition) is 0. The van der Waals surface area contributed by atoms with Crippen molar-refractivity contribution in [2.45, 2.75) is 23.8 Å². The summed E-state index contributed by atoms with van der Waals surface area (Å²) >= 11 is 8.17. The van der Waals surface area contributed by atoms with Gasteiger partial charge in [-0.1, -0.05) is 54.1 Å². The van der Waals surface area contributed by atoms with Gasteiger partial charge >= 0.3 is 5.97 Å². The van der Waals surface area contributed by atoms with Crippen LogP contribution in [0.3, 0.4) is 0 Å². The van der Waals surface area contributed by atoms with Crippen LogP contribution in [0, 0.1) is 0 Å². The maximum absolute atomic E-state index is 12.5. The van der Waals surface area contributed by atoms with Gasteiger partial charge in [0.2, 0.25) is 0 Å². The summed E-state index contributed by atoms with van der Waals surface area (Å²) in [6, 6.07) is 20.1. The largest absolute Gasteiger partial charge is 0.493 e. The molecule has 0 saturated heterocycles. The fraction of sp³-hybridized carbons (Fsp3) is 0.269. The number of carbonyl (C=O) groups excluding carboxylic acids is 1. The first-order valence-electron chi connectivity index (χ1n) is 10.5. The fourth-order valence-corrected chi connectivity index (χ4v) is 5.99. The highest BCUT2D eigenvalue weighted by Crippen LogP contribution is 2.56. The maximum atomic E-state index is 12.5. The molecule has 1 heterocycles. The zero-order valence-corrected chi connectivity index (χ0v) is 19.8. The van der Waals surface area contributed by atoms with E-state index in [1.807, 2.05) is 49.4 Å². The van der Waals surface area contributed by atoms with Gasteiger partial charge in [0.1, 0.15) is 0 Å². The summed E-state index contributed by atoms with van der Waals surface area (Å²) in [5, 5.41) is 0.440. The summed E-state index contributed by atoms with van der Waals surface area (Å²) < 4.78 is 16.6. The second-order valence-corrected chi connectivity index (χ2v) is 9.16. The molecule has 2 atom stereocenters. The molecule has 4 nitrogen and oxygen atoms in total. The average molecular weight is 469 g/mol. The lowest BCUT2D eigenvalue weighted by molar-refractivity contribution is -0.143. The van der Waals surface area contributed by atoms with E-state index in [4.69, 9.17) is 25.8 Å². The van der Waals surface area contributed by atoms with Crippen LogP contribution >= 0.6 is 23.4 Å². The highest BCUT2D eigenvalue weighted by Gasteiger charge is 2.33. The van der Waals surface area contributed by atoms with Gasteiger partial charge in [-0.3, -0.25) is 4.79 Å². The van der Waals surface area contributed by atoms with E-state index in [0.717, 1.165) is 27.8 Å².